The number of para-hydroxylation sites is 1. The summed E-state index contributed by atoms with van der Waals surface area (Å²) < 4.78 is 5.16. The van der Waals surface area contributed by atoms with Crippen molar-refractivity contribution >= 4 is 35.1 Å². The van der Waals surface area contributed by atoms with E-state index in [1.165, 1.54) is 27.8 Å². The molecule has 0 spiro atoms. The van der Waals surface area contributed by atoms with Crippen LogP contribution in [0.2, 0.25) is 0 Å². The van der Waals surface area contributed by atoms with Gasteiger partial charge in [0.1, 0.15) is 5.75 Å². The molecule has 0 saturated carbocycles. The molecule has 0 aromatic heterocycles. The Labute approximate surface area is 241 Å². The fourth-order valence-electron chi connectivity index (χ4n) is 5.12. The van der Waals surface area contributed by atoms with Gasteiger partial charge < -0.3 is 9.64 Å². The van der Waals surface area contributed by atoms with E-state index in [9.17, 15) is 4.79 Å². The second-order valence-electron chi connectivity index (χ2n) is 9.86. The summed E-state index contributed by atoms with van der Waals surface area (Å²) in [6, 6.07) is 43.8. The molecule has 0 atom stereocenters. The Bertz CT molecular complexity index is 1700. The van der Waals surface area contributed by atoms with Crippen molar-refractivity contribution in [3.05, 3.63) is 180 Å². The highest BCUT2D eigenvalue weighted by atomic mass is 16.5. The molecule has 0 N–H and O–H groups in total. The second-order valence-corrected chi connectivity index (χ2v) is 9.86. The molecule has 0 aliphatic heterocycles. The number of benzene rings is 5. The van der Waals surface area contributed by atoms with Gasteiger partial charge in [0.15, 0.2) is 0 Å². The van der Waals surface area contributed by atoms with Crippen LogP contribution in [0.4, 0.5) is 11.4 Å². The fourth-order valence-corrected chi connectivity index (χ4v) is 5.12. The quantitative estimate of drug-likeness (QED) is 0.0890. The summed E-state index contributed by atoms with van der Waals surface area (Å²) in [5.74, 6) is 0.0280. The zero-order valence-electron chi connectivity index (χ0n) is 22.6. The number of carbonyl (C=O) groups is 1. The van der Waals surface area contributed by atoms with E-state index in [1.54, 1.807) is 12.1 Å². The highest BCUT2D eigenvalue weighted by Crippen LogP contribution is 2.38. The van der Waals surface area contributed by atoms with Gasteiger partial charge in [-0.3, -0.25) is 0 Å². The highest BCUT2D eigenvalue weighted by molar-refractivity contribution is 5.88. The van der Waals surface area contributed by atoms with Gasteiger partial charge in [0.2, 0.25) is 0 Å². The average Bonchev–Trinajstić information content (AvgIpc) is 3.03. The fraction of sp³-hybridized carbons (Fsp3) is 0.0263. The van der Waals surface area contributed by atoms with Crippen LogP contribution in [0.25, 0.3) is 17.7 Å². The summed E-state index contributed by atoms with van der Waals surface area (Å²) in [6.07, 6.45) is 8.49. The maximum atomic E-state index is 11.4. The first-order chi connectivity index (χ1) is 20.2. The lowest BCUT2D eigenvalue weighted by Crippen LogP contribution is -2.13. The van der Waals surface area contributed by atoms with E-state index >= 15 is 0 Å². The van der Waals surface area contributed by atoms with Crippen molar-refractivity contribution in [3.63, 3.8) is 0 Å². The summed E-state index contributed by atoms with van der Waals surface area (Å²) in [6.45, 7) is 3.43. The van der Waals surface area contributed by atoms with Crippen LogP contribution in [0, 0.1) is 0 Å². The van der Waals surface area contributed by atoms with Crippen molar-refractivity contribution in [2.24, 2.45) is 0 Å². The lowest BCUT2D eigenvalue weighted by molar-refractivity contribution is -0.128. The summed E-state index contributed by atoms with van der Waals surface area (Å²) in [7, 11) is 0. The lowest BCUT2D eigenvalue weighted by atomic mass is 9.82. The van der Waals surface area contributed by atoms with Crippen LogP contribution >= 0.6 is 0 Å². The summed E-state index contributed by atoms with van der Waals surface area (Å²) in [4.78, 5) is 13.7. The van der Waals surface area contributed by atoms with Gasteiger partial charge in [0, 0.05) is 29.2 Å². The molecule has 0 radical (unpaired) electrons. The van der Waals surface area contributed by atoms with Gasteiger partial charge in [0.25, 0.3) is 0 Å². The van der Waals surface area contributed by atoms with E-state index in [4.69, 9.17) is 4.74 Å². The first kappa shape index (κ1) is 25.8. The first-order valence-electron chi connectivity index (χ1n) is 13.6. The minimum Gasteiger partial charge on any atom is -0.423 e. The van der Waals surface area contributed by atoms with Crippen LogP contribution in [-0.4, -0.2) is 5.97 Å². The van der Waals surface area contributed by atoms with E-state index in [0.29, 0.717) is 5.75 Å². The normalized spacial score (nSPS) is 11.9. The molecule has 3 heteroatoms. The van der Waals surface area contributed by atoms with Crippen LogP contribution < -0.4 is 9.64 Å². The van der Waals surface area contributed by atoms with Gasteiger partial charge in [-0.05, 0) is 76.2 Å². The molecular weight excluding hydrogens is 502 g/mol. The minimum absolute atomic E-state index is 0.467. The molecular formula is C38H29NO2. The van der Waals surface area contributed by atoms with Crippen LogP contribution in [0.15, 0.2) is 146 Å². The van der Waals surface area contributed by atoms with Crippen molar-refractivity contribution in [3.8, 4) is 5.75 Å². The third-order valence-corrected chi connectivity index (χ3v) is 7.19. The molecule has 0 heterocycles. The number of hydrogen-bond donors (Lipinski definition) is 0. The van der Waals surface area contributed by atoms with Crippen LogP contribution in [-0.2, 0) is 11.2 Å². The summed E-state index contributed by atoms with van der Waals surface area (Å²) in [5, 5.41) is 0. The van der Waals surface area contributed by atoms with Crippen molar-refractivity contribution in [1.82, 2.24) is 0 Å². The molecule has 1 aliphatic carbocycles. The molecule has 0 saturated heterocycles. The Hall–Kier alpha value is -5.41. The molecule has 6 rings (SSSR count). The van der Waals surface area contributed by atoms with Gasteiger partial charge >= 0.3 is 5.97 Å². The maximum Gasteiger partial charge on any atom is 0.335 e. The van der Waals surface area contributed by atoms with Crippen molar-refractivity contribution < 1.29 is 9.53 Å². The largest absolute Gasteiger partial charge is 0.423 e. The monoisotopic (exact) mass is 531 g/mol. The number of ether oxygens (including phenoxy) is 1. The molecule has 0 unspecified atom stereocenters. The standard InChI is InChI=1S/C38H29NO2/c1-2-38(40)41-34-24-20-29(21-25-34)17-16-28-18-22-33(23-19-28)39(32-12-4-3-5-13-32)27-37-35-14-8-6-10-30(35)26-31-11-7-9-15-36(31)37/h2-25,27H,1,26H2. The highest BCUT2D eigenvalue weighted by Gasteiger charge is 2.21. The van der Waals surface area contributed by atoms with E-state index in [1.807, 2.05) is 24.3 Å². The molecule has 1 aliphatic rings. The maximum absolute atomic E-state index is 11.4. The van der Waals surface area contributed by atoms with Crippen LogP contribution in [0.5, 0.6) is 5.75 Å². The number of hydrogen-bond acceptors (Lipinski definition) is 3. The zero-order valence-corrected chi connectivity index (χ0v) is 22.6. The predicted molar refractivity (Wildman–Crippen MR) is 169 cm³/mol. The topological polar surface area (TPSA) is 29.5 Å². The number of esters is 1. The zero-order chi connectivity index (χ0) is 28.0. The van der Waals surface area contributed by atoms with Crippen LogP contribution in [0.1, 0.15) is 33.4 Å². The lowest BCUT2D eigenvalue weighted by Gasteiger charge is -2.27. The van der Waals surface area contributed by atoms with E-state index in [2.05, 4.69) is 121 Å². The van der Waals surface area contributed by atoms with E-state index in [-0.39, 0.29) is 0 Å². The Morgan fingerprint density at radius 2 is 1.15 bits per heavy atom. The Balaban J connectivity index is 1.32. The number of rotatable bonds is 7. The van der Waals surface area contributed by atoms with Gasteiger partial charge in [-0.2, -0.15) is 0 Å². The Kier molecular flexibility index (Phi) is 7.42. The molecule has 3 nitrogen and oxygen atoms in total. The smallest absolute Gasteiger partial charge is 0.335 e. The third kappa shape index (κ3) is 5.80. The second kappa shape index (κ2) is 11.8. The number of nitrogens with zero attached hydrogens (tertiary/aromatic N) is 1. The number of fused-ring (bicyclic) bond motifs is 2. The third-order valence-electron chi connectivity index (χ3n) is 7.19. The number of anilines is 2. The van der Waals surface area contributed by atoms with Crippen LogP contribution in [0.3, 0.4) is 0 Å². The molecule has 0 fully saturated rings. The van der Waals surface area contributed by atoms with Crippen molar-refractivity contribution in [2.75, 3.05) is 4.90 Å². The molecule has 41 heavy (non-hydrogen) atoms. The summed E-state index contributed by atoms with van der Waals surface area (Å²) >= 11 is 0. The molecule has 0 bridgehead atoms. The SMILES string of the molecule is C=CC(=O)Oc1ccc(C=Cc2ccc(N(C=C3c4ccccc4Cc4ccccc43)c3ccccc3)cc2)cc1. The first-order valence-corrected chi connectivity index (χ1v) is 13.6. The number of carbonyl (C=O) groups excluding carboxylic acids is 1. The molecule has 5 aromatic carbocycles. The Morgan fingerprint density at radius 3 is 1.73 bits per heavy atom. The minimum atomic E-state index is -0.467. The van der Waals surface area contributed by atoms with Gasteiger partial charge in [-0.25, -0.2) is 4.79 Å². The van der Waals surface area contributed by atoms with E-state index in [0.717, 1.165) is 35.0 Å². The Morgan fingerprint density at radius 1 is 0.634 bits per heavy atom. The average molecular weight is 532 g/mol. The van der Waals surface area contributed by atoms with Crippen molar-refractivity contribution in [1.29, 1.82) is 0 Å². The molecule has 198 valence electrons. The van der Waals surface area contributed by atoms with Gasteiger partial charge in [-0.15, -0.1) is 0 Å². The van der Waals surface area contributed by atoms with Gasteiger partial charge in [0.05, 0.1) is 0 Å². The molecule has 0 amide bonds. The van der Waals surface area contributed by atoms with Crippen molar-refractivity contribution in [2.45, 2.75) is 6.42 Å². The molecule has 5 aromatic rings. The van der Waals surface area contributed by atoms with Gasteiger partial charge in [-0.1, -0.05) is 110 Å². The summed E-state index contributed by atoms with van der Waals surface area (Å²) in [5.41, 5.74) is 10.7. The predicted octanol–water partition coefficient (Wildman–Crippen LogP) is 9.08. The van der Waals surface area contributed by atoms with E-state index < -0.39 is 5.97 Å².